The van der Waals surface area contributed by atoms with Crippen molar-refractivity contribution >= 4 is 17.2 Å². The van der Waals surface area contributed by atoms with E-state index >= 15 is 0 Å². The van der Waals surface area contributed by atoms with Crippen LogP contribution < -0.4 is 5.73 Å². The molecule has 1 saturated heterocycles. The van der Waals surface area contributed by atoms with E-state index in [-0.39, 0.29) is 5.92 Å². The molecule has 18 heavy (non-hydrogen) atoms. The predicted octanol–water partition coefficient (Wildman–Crippen LogP) is 2.46. The van der Waals surface area contributed by atoms with Gasteiger partial charge in [0.1, 0.15) is 11.6 Å². The predicted molar refractivity (Wildman–Crippen MR) is 71.1 cm³/mol. The molecule has 0 aliphatic carbocycles. The minimum Gasteiger partial charge on any atom is -0.393 e. The van der Waals surface area contributed by atoms with Crippen LogP contribution >= 0.6 is 12.2 Å². The molecule has 0 amide bonds. The quantitative estimate of drug-likeness (QED) is 0.856. The average molecular weight is 270 g/mol. The number of halogens is 2. The lowest BCUT2D eigenvalue weighted by Gasteiger charge is -2.32. The molecule has 1 atom stereocenters. The van der Waals surface area contributed by atoms with Crippen molar-refractivity contribution in [1.29, 1.82) is 0 Å². The molecule has 5 heteroatoms. The molecule has 2 nitrogen and oxygen atoms in total. The molecule has 1 aromatic rings. The Kier molecular flexibility index (Phi) is 4.24. The lowest BCUT2D eigenvalue weighted by atomic mass is 9.97. The number of hydrogen-bond acceptors (Lipinski definition) is 2. The van der Waals surface area contributed by atoms with Crippen LogP contribution in [0.1, 0.15) is 18.4 Å². The first kappa shape index (κ1) is 13.4. The van der Waals surface area contributed by atoms with Crippen LogP contribution in [-0.4, -0.2) is 23.0 Å². The van der Waals surface area contributed by atoms with Gasteiger partial charge in [-0.1, -0.05) is 18.3 Å². The van der Waals surface area contributed by atoms with E-state index in [2.05, 4.69) is 4.90 Å². The molecule has 1 heterocycles. The lowest BCUT2D eigenvalue weighted by Crippen LogP contribution is -2.40. The Morgan fingerprint density at radius 1 is 1.44 bits per heavy atom. The molecule has 1 fully saturated rings. The molecule has 0 radical (unpaired) electrons. The standard InChI is InChI=1S/C13H16F2N2S/c14-11-4-3-9(12(15)6-11)7-17-5-1-2-10(8-17)13(16)18/h3-4,6,10H,1-2,5,7-8H2,(H2,16,18). The van der Waals surface area contributed by atoms with E-state index in [1.54, 1.807) is 0 Å². The van der Waals surface area contributed by atoms with Gasteiger partial charge in [0.2, 0.25) is 0 Å². The van der Waals surface area contributed by atoms with Crippen molar-refractivity contribution in [3.05, 3.63) is 35.4 Å². The highest BCUT2D eigenvalue weighted by Crippen LogP contribution is 2.20. The monoisotopic (exact) mass is 270 g/mol. The van der Waals surface area contributed by atoms with Crippen LogP contribution in [0, 0.1) is 17.6 Å². The van der Waals surface area contributed by atoms with E-state index < -0.39 is 11.6 Å². The zero-order chi connectivity index (χ0) is 13.1. The first-order valence-corrected chi connectivity index (χ1v) is 6.42. The van der Waals surface area contributed by atoms with Crippen molar-refractivity contribution in [1.82, 2.24) is 4.90 Å². The van der Waals surface area contributed by atoms with Crippen LogP contribution in [0.4, 0.5) is 8.78 Å². The zero-order valence-electron chi connectivity index (χ0n) is 10.0. The van der Waals surface area contributed by atoms with Gasteiger partial charge in [0, 0.05) is 30.6 Å². The second-order valence-corrected chi connectivity index (χ2v) is 5.18. The third kappa shape index (κ3) is 3.23. The van der Waals surface area contributed by atoms with Gasteiger partial charge in [-0.05, 0) is 25.5 Å². The highest BCUT2D eigenvalue weighted by Gasteiger charge is 2.22. The van der Waals surface area contributed by atoms with Crippen molar-refractivity contribution in [3.63, 3.8) is 0 Å². The fourth-order valence-electron chi connectivity index (χ4n) is 2.32. The number of likely N-dealkylation sites (tertiary alicyclic amines) is 1. The first-order chi connectivity index (χ1) is 8.56. The van der Waals surface area contributed by atoms with Crippen LogP contribution in [0.2, 0.25) is 0 Å². The van der Waals surface area contributed by atoms with Gasteiger partial charge in [0.25, 0.3) is 0 Å². The molecular formula is C13H16F2N2S. The van der Waals surface area contributed by atoms with Crippen molar-refractivity contribution in [2.24, 2.45) is 11.7 Å². The van der Waals surface area contributed by atoms with E-state index in [9.17, 15) is 8.78 Å². The second kappa shape index (κ2) is 5.71. The number of piperidine rings is 1. The van der Waals surface area contributed by atoms with Crippen LogP contribution in [0.25, 0.3) is 0 Å². The molecule has 0 aromatic heterocycles. The van der Waals surface area contributed by atoms with Gasteiger partial charge < -0.3 is 5.73 Å². The summed E-state index contributed by atoms with van der Waals surface area (Å²) < 4.78 is 26.4. The number of hydrogen-bond donors (Lipinski definition) is 1. The third-order valence-corrected chi connectivity index (χ3v) is 3.65. The SMILES string of the molecule is NC(=S)C1CCCN(Cc2ccc(F)cc2F)C1. The normalized spacial score (nSPS) is 20.9. The number of rotatable bonds is 3. The average Bonchev–Trinajstić information content (AvgIpc) is 2.33. The molecule has 0 saturated carbocycles. The highest BCUT2D eigenvalue weighted by molar-refractivity contribution is 7.80. The summed E-state index contributed by atoms with van der Waals surface area (Å²) in [5.41, 5.74) is 6.17. The van der Waals surface area contributed by atoms with Gasteiger partial charge in [0.05, 0.1) is 4.99 Å². The van der Waals surface area contributed by atoms with E-state index in [0.29, 0.717) is 17.1 Å². The van der Waals surface area contributed by atoms with E-state index in [1.165, 1.54) is 12.1 Å². The minimum absolute atomic E-state index is 0.206. The molecule has 2 rings (SSSR count). The largest absolute Gasteiger partial charge is 0.393 e. The Labute approximate surface area is 111 Å². The maximum absolute atomic E-state index is 13.5. The molecule has 2 N–H and O–H groups in total. The summed E-state index contributed by atoms with van der Waals surface area (Å²) in [5, 5.41) is 0. The van der Waals surface area contributed by atoms with Gasteiger partial charge in [-0.2, -0.15) is 0 Å². The number of nitrogens with two attached hydrogens (primary N) is 1. The summed E-state index contributed by atoms with van der Waals surface area (Å²) in [6.45, 7) is 2.13. The molecule has 1 aliphatic rings. The Morgan fingerprint density at radius 3 is 2.89 bits per heavy atom. The van der Waals surface area contributed by atoms with E-state index in [1.807, 2.05) is 0 Å². The number of thiocarbonyl (C=S) groups is 1. The summed E-state index contributed by atoms with van der Waals surface area (Å²) >= 11 is 5.00. The van der Waals surface area contributed by atoms with Crippen molar-refractivity contribution in [2.45, 2.75) is 19.4 Å². The topological polar surface area (TPSA) is 29.3 Å². The highest BCUT2D eigenvalue weighted by atomic mass is 32.1. The van der Waals surface area contributed by atoms with Crippen LogP contribution in [-0.2, 0) is 6.54 Å². The van der Waals surface area contributed by atoms with Crippen molar-refractivity contribution < 1.29 is 8.78 Å². The lowest BCUT2D eigenvalue weighted by molar-refractivity contribution is 0.195. The number of nitrogens with zero attached hydrogens (tertiary/aromatic N) is 1. The Morgan fingerprint density at radius 2 is 2.22 bits per heavy atom. The fourth-order valence-corrected chi connectivity index (χ4v) is 2.51. The van der Waals surface area contributed by atoms with Gasteiger partial charge in [-0.15, -0.1) is 0 Å². The molecule has 1 aromatic carbocycles. The third-order valence-electron chi connectivity index (χ3n) is 3.32. The van der Waals surface area contributed by atoms with Gasteiger partial charge in [-0.25, -0.2) is 8.78 Å². The summed E-state index contributed by atoms with van der Waals surface area (Å²) in [5.74, 6) is -0.833. The van der Waals surface area contributed by atoms with Crippen LogP contribution in [0.5, 0.6) is 0 Å². The molecular weight excluding hydrogens is 254 g/mol. The van der Waals surface area contributed by atoms with Gasteiger partial charge in [-0.3, -0.25) is 4.90 Å². The summed E-state index contributed by atoms with van der Waals surface area (Å²) in [6, 6.07) is 3.70. The molecule has 1 aliphatic heterocycles. The summed E-state index contributed by atoms with van der Waals surface area (Å²) in [7, 11) is 0. The van der Waals surface area contributed by atoms with Crippen LogP contribution in [0.3, 0.4) is 0 Å². The van der Waals surface area contributed by atoms with E-state index in [0.717, 1.165) is 32.0 Å². The maximum atomic E-state index is 13.5. The summed E-state index contributed by atoms with van der Waals surface area (Å²) in [6.07, 6.45) is 2.00. The Bertz CT molecular complexity index is 451. The minimum atomic E-state index is -0.545. The summed E-state index contributed by atoms with van der Waals surface area (Å²) in [4.78, 5) is 2.64. The van der Waals surface area contributed by atoms with E-state index in [4.69, 9.17) is 18.0 Å². The smallest absolute Gasteiger partial charge is 0.130 e. The van der Waals surface area contributed by atoms with Gasteiger partial charge >= 0.3 is 0 Å². The Balaban J connectivity index is 2.02. The Hall–Kier alpha value is -1.07. The van der Waals surface area contributed by atoms with Crippen molar-refractivity contribution in [3.8, 4) is 0 Å². The number of benzene rings is 1. The molecule has 1 unspecified atom stereocenters. The maximum Gasteiger partial charge on any atom is 0.130 e. The molecule has 0 bridgehead atoms. The van der Waals surface area contributed by atoms with Crippen molar-refractivity contribution in [2.75, 3.05) is 13.1 Å². The zero-order valence-corrected chi connectivity index (χ0v) is 10.9. The first-order valence-electron chi connectivity index (χ1n) is 6.02. The van der Waals surface area contributed by atoms with Crippen LogP contribution in [0.15, 0.2) is 18.2 Å². The molecule has 98 valence electrons. The molecule has 0 spiro atoms. The second-order valence-electron chi connectivity index (χ2n) is 4.71. The fraction of sp³-hybridized carbons (Fsp3) is 0.462. The van der Waals surface area contributed by atoms with Gasteiger partial charge in [0.15, 0.2) is 0 Å².